The lowest BCUT2D eigenvalue weighted by Crippen LogP contribution is -2.44. The maximum absolute atomic E-state index is 15.6. The molecule has 4 aliphatic rings. The average molecular weight is 961 g/mol. The third-order valence-electron chi connectivity index (χ3n) is 11.8. The first-order valence-electron chi connectivity index (χ1n) is 19.8. The van der Waals surface area contributed by atoms with Gasteiger partial charge in [0.2, 0.25) is 15.9 Å². The van der Waals surface area contributed by atoms with Crippen molar-refractivity contribution in [2.24, 2.45) is 16.9 Å². The number of hydrazone groups is 1. The molecule has 0 saturated heterocycles. The van der Waals surface area contributed by atoms with Crippen LogP contribution in [-0.4, -0.2) is 78.5 Å². The number of fused-ring (bicyclic) bond motifs is 5. The summed E-state index contributed by atoms with van der Waals surface area (Å²) < 4.78 is 144. The predicted octanol–water partition coefficient (Wildman–Crippen LogP) is 5.96. The second kappa shape index (κ2) is 15.6. The number of carbonyl (C=O) groups excluding carboxylic acids is 1. The molecule has 3 aliphatic carbocycles. The minimum atomic E-state index is -3.92. The van der Waals surface area contributed by atoms with Crippen molar-refractivity contribution < 1.29 is 48.0 Å². The summed E-state index contributed by atoms with van der Waals surface area (Å²) in [6.07, 6.45) is 0.970. The molecule has 5 atom stereocenters. The largest absolute Gasteiger partial charge is 0.344 e. The fraction of sp³-hybridized carbons (Fsp3) is 0.310. The van der Waals surface area contributed by atoms with Gasteiger partial charge in [-0.25, -0.2) is 39.4 Å². The lowest BCUT2D eigenvalue weighted by Gasteiger charge is -2.33. The van der Waals surface area contributed by atoms with Crippen molar-refractivity contribution in [3.8, 4) is 11.1 Å². The van der Waals surface area contributed by atoms with Crippen LogP contribution in [-0.2, 0) is 43.5 Å². The van der Waals surface area contributed by atoms with Gasteiger partial charge in [0.1, 0.15) is 47.3 Å². The number of carbonyl (C=O) groups is 1. The summed E-state index contributed by atoms with van der Waals surface area (Å²) in [6.45, 7) is -1.02. The van der Waals surface area contributed by atoms with Crippen molar-refractivity contribution in [2.75, 3.05) is 19.6 Å². The number of allylic oxidation sites excluding steroid dienone is 2. The number of halogens is 7. The van der Waals surface area contributed by atoms with E-state index < -0.39 is 110 Å². The van der Waals surface area contributed by atoms with Gasteiger partial charge in [0.25, 0.3) is 17.9 Å². The Bertz CT molecular complexity index is 3250. The first-order chi connectivity index (χ1) is 30.5. The Morgan fingerprint density at radius 3 is 2.38 bits per heavy atom. The number of amidine groups is 1. The van der Waals surface area contributed by atoms with E-state index in [0.717, 1.165) is 29.2 Å². The van der Waals surface area contributed by atoms with Crippen molar-refractivity contribution in [1.29, 1.82) is 0 Å². The van der Waals surface area contributed by atoms with Crippen LogP contribution in [0.5, 0.6) is 0 Å². The van der Waals surface area contributed by atoms with E-state index in [1.54, 1.807) is 12.1 Å². The molecule has 14 nitrogen and oxygen atoms in total. The van der Waals surface area contributed by atoms with Gasteiger partial charge in [-0.05, 0) is 65.9 Å². The number of alkyl halides is 4. The second-order valence-corrected chi connectivity index (χ2v) is 20.6. The molecular formula is C42H35ClF6N8O6S2. The molecule has 2 N–H and O–H groups in total. The zero-order chi connectivity index (χ0) is 46.7. The Kier molecular flexibility index (Phi) is 10.6. The number of sulfone groups is 1. The van der Waals surface area contributed by atoms with E-state index in [-0.39, 0.29) is 61.3 Å². The van der Waals surface area contributed by atoms with Crippen LogP contribution in [0.3, 0.4) is 0 Å². The van der Waals surface area contributed by atoms with E-state index in [1.807, 2.05) is 0 Å². The van der Waals surface area contributed by atoms with Gasteiger partial charge in [-0.15, -0.1) is 0 Å². The molecule has 1 saturated carbocycles. The quantitative estimate of drug-likeness (QED) is 0.151. The van der Waals surface area contributed by atoms with Gasteiger partial charge in [-0.3, -0.25) is 28.6 Å². The molecule has 340 valence electrons. The van der Waals surface area contributed by atoms with Crippen molar-refractivity contribution in [1.82, 2.24) is 34.4 Å². The monoisotopic (exact) mass is 960 g/mol. The molecule has 23 heteroatoms. The molecule has 5 aromatic rings. The van der Waals surface area contributed by atoms with Crippen LogP contribution in [0, 0.1) is 23.5 Å². The highest BCUT2D eigenvalue weighted by Gasteiger charge is 2.67. The number of nitrogens with zero attached hydrogens (tertiary/aromatic N) is 6. The van der Waals surface area contributed by atoms with Crippen LogP contribution in [0.25, 0.3) is 27.7 Å². The highest BCUT2D eigenvalue weighted by Crippen LogP contribution is 2.68. The van der Waals surface area contributed by atoms with E-state index in [2.05, 4.69) is 20.2 Å². The number of aromatic nitrogens is 4. The van der Waals surface area contributed by atoms with Crippen molar-refractivity contribution in [3.05, 3.63) is 128 Å². The number of likely N-dealkylation sites (N-methyl/N-ethyl adjacent to an activating group) is 1. The topological polar surface area (TPSA) is 178 Å². The minimum Gasteiger partial charge on any atom is -0.344 e. The van der Waals surface area contributed by atoms with Gasteiger partial charge in [-0.1, -0.05) is 35.9 Å². The van der Waals surface area contributed by atoms with Gasteiger partial charge >= 0.3 is 0 Å². The summed E-state index contributed by atoms with van der Waals surface area (Å²) in [6, 6.07) is 10.3. The molecular weight excluding hydrogens is 926 g/mol. The maximum Gasteiger partial charge on any atom is 0.293 e. The van der Waals surface area contributed by atoms with Crippen molar-refractivity contribution in [3.63, 3.8) is 0 Å². The molecule has 9 rings (SSSR count). The molecule has 0 radical (unpaired) electrons. The Hall–Kier alpha value is -6.00. The fourth-order valence-corrected chi connectivity index (χ4v) is 10.9. The smallest absolute Gasteiger partial charge is 0.293 e. The van der Waals surface area contributed by atoms with Crippen LogP contribution in [0.2, 0.25) is 0 Å². The van der Waals surface area contributed by atoms with Gasteiger partial charge < -0.3 is 5.32 Å². The third-order valence-corrected chi connectivity index (χ3v) is 13.9. The molecule has 3 aromatic carbocycles. The van der Waals surface area contributed by atoms with Crippen LogP contribution >= 0.6 is 11.6 Å². The first-order valence-corrected chi connectivity index (χ1v) is 23.9. The fourth-order valence-electron chi connectivity index (χ4n) is 9.16. The number of amides is 1. The molecule has 0 bridgehead atoms. The highest BCUT2D eigenvalue weighted by molar-refractivity contribution is 7.90. The predicted molar refractivity (Wildman–Crippen MR) is 226 cm³/mol. The van der Waals surface area contributed by atoms with Crippen molar-refractivity contribution >= 4 is 59.8 Å². The van der Waals surface area contributed by atoms with Gasteiger partial charge in [0.15, 0.2) is 9.84 Å². The summed E-state index contributed by atoms with van der Waals surface area (Å²) >= 11 is 6.68. The highest BCUT2D eigenvalue weighted by atomic mass is 35.5. The van der Waals surface area contributed by atoms with Crippen LogP contribution in [0.15, 0.2) is 92.6 Å². The summed E-state index contributed by atoms with van der Waals surface area (Å²) in [4.78, 5) is 34.1. The van der Waals surface area contributed by atoms with E-state index in [9.17, 15) is 39.2 Å². The Balaban J connectivity index is 1.24. The molecule has 0 spiro atoms. The standard InChI is InChI=1S/C42H35ClF6N8O6S2/c1-55-36-30(11-10-27(43)34(36)39(53-55)54-65(3,62)63)57-40(51-28-15-20(8-9-24(28)41(57)59)23-6-4-5-7-31(23)64(2,60)61)29(14-19-12-21(44)16-22(45)13-19)50-32(58)18-56-37-33(35(52-56)38(46)47)25-17-26(25)42(37,48)49/h4-13,15-16,25-26,29,34,36,38H,14,17-18H2,1-3H3,(H,50,58)(H,53,54)/t25-,26+,29-,34?,36?/m0/s1. The lowest BCUT2D eigenvalue weighted by atomic mass is 9.91. The van der Waals surface area contributed by atoms with Gasteiger partial charge in [0, 0.05) is 47.9 Å². The van der Waals surface area contributed by atoms with E-state index in [1.165, 1.54) is 54.5 Å². The number of rotatable bonds is 11. The zero-order valence-corrected chi connectivity index (χ0v) is 36.5. The SMILES string of the molecule is CN1N=C(NS(C)(=O)=O)C2C(Cl)=CC=C(n3c([C@H](Cc4cc(F)cc(F)c4)NC(=O)Cn4nc(C(F)F)c5c4C(F)(F)[C@@H]4C[C@H]54)nc4cc(-c5ccccc5S(C)(=O)=O)ccc4c3=O)C21. The summed E-state index contributed by atoms with van der Waals surface area (Å²) in [5, 5.41) is 12.1. The van der Waals surface area contributed by atoms with Gasteiger partial charge in [0.05, 0.1) is 39.7 Å². The van der Waals surface area contributed by atoms with Crippen LogP contribution in [0.4, 0.5) is 26.3 Å². The molecule has 2 aromatic heterocycles. The van der Waals surface area contributed by atoms with E-state index in [4.69, 9.17) is 16.6 Å². The normalized spacial score (nSPS) is 21.3. The van der Waals surface area contributed by atoms with Gasteiger partial charge in [-0.2, -0.15) is 19.0 Å². The Labute approximate surface area is 371 Å². The van der Waals surface area contributed by atoms with Crippen LogP contribution in [0.1, 0.15) is 53.1 Å². The third kappa shape index (κ3) is 7.87. The van der Waals surface area contributed by atoms with E-state index >= 15 is 13.6 Å². The number of hydrogen-bond donors (Lipinski definition) is 2. The summed E-state index contributed by atoms with van der Waals surface area (Å²) in [7, 11) is -6.23. The molecule has 1 amide bonds. The van der Waals surface area contributed by atoms with Crippen molar-refractivity contribution in [2.45, 2.75) is 54.6 Å². The number of hydrogen-bond acceptors (Lipinski definition) is 10. The summed E-state index contributed by atoms with van der Waals surface area (Å²) in [5.74, 6) is -10.2. The lowest BCUT2D eigenvalue weighted by molar-refractivity contribution is -0.123. The summed E-state index contributed by atoms with van der Waals surface area (Å²) in [5.41, 5.74) is -2.29. The minimum absolute atomic E-state index is 0.0270. The first kappa shape index (κ1) is 44.2. The molecule has 1 fully saturated rings. The molecule has 65 heavy (non-hydrogen) atoms. The molecule has 1 aliphatic heterocycles. The number of benzene rings is 3. The Morgan fingerprint density at radius 1 is 1.00 bits per heavy atom. The molecule has 3 heterocycles. The number of nitrogens with one attached hydrogen (secondary N) is 2. The van der Waals surface area contributed by atoms with E-state index in [0.29, 0.717) is 16.3 Å². The number of sulfonamides is 1. The molecule has 2 unspecified atom stereocenters. The average Bonchev–Trinajstić information content (AvgIpc) is 3.75. The zero-order valence-electron chi connectivity index (χ0n) is 34.1. The Morgan fingerprint density at radius 2 is 1.71 bits per heavy atom. The second-order valence-electron chi connectivity index (χ2n) is 16.4. The van der Waals surface area contributed by atoms with Crippen LogP contribution < -0.4 is 15.6 Å². The maximum atomic E-state index is 15.6.